The minimum atomic E-state index is -0.0568. The van der Waals surface area contributed by atoms with Crippen molar-refractivity contribution < 1.29 is 9.59 Å². The van der Waals surface area contributed by atoms with Crippen LogP contribution in [0.2, 0.25) is 0 Å². The van der Waals surface area contributed by atoms with Gasteiger partial charge in [0.25, 0.3) is 0 Å². The van der Waals surface area contributed by atoms with Gasteiger partial charge in [-0.3, -0.25) is 9.59 Å². The van der Waals surface area contributed by atoms with E-state index in [1.54, 1.807) is 24.3 Å². The highest BCUT2D eigenvalue weighted by Gasteiger charge is 2.01. The van der Waals surface area contributed by atoms with Gasteiger partial charge >= 0.3 is 0 Å². The summed E-state index contributed by atoms with van der Waals surface area (Å²) in [5.74, 6) is 0. The zero-order chi connectivity index (χ0) is 9.52. The molecule has 0 aliphatic carbocycles. The Labute approximate surface area is 80.6 Å². The van der Waals surface area contributed by atoms with Crippen LogP contribution < -0.4 is 0 Å². The Morgan fingerprint density at radius 3 is 2.54 bits per heavy atom. The number of carbonyl (C=O) groups is 2. The summed E-state index contributed by atoms with van der Waals surface area (Å²) < 4.78 is 0. The van der Waals surface area contributed by atoms with E-state index in [0.29, 0.717) is 11.8 Å². The largest absolute Gasteiger partial charge is 0.299 e. The van der Waals surface area contributed by atoms with Gasteiger partial charge in [-0.15, -0.1) is 0 Å². The topological polar surface area (TPSA) is 34.1 Å². The van der Waals surface area contributed by atoms with Gasteiger partial charge in [-0.2, -0.15) is 0 Å². The predicted molar refractivity (Wildman–Crippen MR) is 53.6 cm³/mol. The maximum Gasteiger partial charge on any atom is 0.223 e. The minimum Gasteiger partial charge on any atom is -0.299 e. The Hall–Kier alpha value is -1.35. The summed E-state index contributed by atoms with van der Waals surface area (Å²) in [6, 6.07) is 8.94. The number of carbonyl (C=O) groups excluding carboxylic acids is 2. The zero-order valence-corrected chi connectivity index (χ0v) is 7.66. The van der Waals surface area contributed by atoms with E-state index in [-0.39, 0.29) is 5.12 Å². The van der Waals surface area contributed by atoms with Gasteiger partial charge in [0.2, 0.25) is 5.12 Å². The van der Waals surface area contributed by atoms with Gasteiger partial charge in [0, 0.05) is 5.56 Å². The van der Waals surface area contributed by atoms with Gasteiger partial charge < -0.3 is 0 Å². The average Bonchev–Trinajstić information content (AvgIpc) is 2.19. The normalized spacial score (nSPS) is 10.2. The Morgan fingerprint density at radius 1 is 1.23 bits per heavy atom. The molecule has 0 saturated carbocycles. The molecule has 0 radical (unpaired) electrons. The van der Waals surface area contributed by atoms with Crippen LogP contribution in [-0.2, 0) is 4.79 Å². The second-order valence-electron chi connectivity index (χ2n) is 2.24. The first-order chi connectivity index (χ1) is 6.34. The zero-order valence-electron chi connectivity index (χ0n) is 6.84. The number of thioether (sulfide) groups is 1. The minimum absolute atomic E-state index is 0.0568. The summed E-state index contributed by atoms with van der Waals surface area (Å²) in [6.45, 7) is 0. The fourth-order valence-corrected chi connectivity index (χ4v) is 1.31. The van der Waals surface area contributed by atoms with Crippen LogP contribution in [0.4, 0.5) is 0 Å². The van der Waals surface area contributed by atoms with E-state index in [0.717, 1.165) is 11.8 Å². The van der Waals surface area contributed by atoms with Crippen LogP contribution in [0.3, 0.4) is 0 Å². The average molecular weight is 192 g/mol. The summed E-state index contributed by atoms with van der Waals surface area (Å²) in [6.07, 6.45) is 1.94. The van der Waals surface area contributed by atoms with Crippen molar-refractivity contribution in [2.24, 2.45) is 0 Å². The molecule has 0 amide bonds. The second-order valence-corrected chi connectivity index (χ2v) is 3.11. The monoisotopic (exact) mass is 192 g/mol. The number of hydrogen-bond acceptors (Lipinski definition) is 3. The predicted octanol–water partition coefficient (Wildman–Crippen LogP) is 2.27. The molecule has 1 rings (SSSR count). The van der Waals surface area contributed by atoms with Crippen molar-refractivity contribution in [3.8, 4) is 0 Å². The second kappa shape index (κ2) is 5.32. The van der Waals surface area contributed by atoms with E-state index in [1.165, 1.54) is 11.5 Å². The van der Waals surface area contributed by atoms with Crippen molar-refractivity contribution in [1.82, 2.24) is 0 Å². The standard InChI is InChI=1S/C10H8O2S/c11-7-4-8-13-10(12)9-5-2-1-3-6-9/h1-8H/b8-4+. The first kappa shape index (κ1) is 9.74. The molecule has 0 atom stereocenters. The van der Waals surface area contributed by atoms with Crippen molar-refractivity contribution in [2.45, 2.75) is 0 Å². The molecule has 0 aliphatic heterocycles. The highest BCUT2D eigenvalue weighted by Crippen LogP contribution is 2.12. The first-order valence-electron chi connectivity index (χ1n) is 3.71. The molecule has 0 heterocycles. The molecule has 0 N–H and O–H groups in total. The Balaban J connectivity index is 2.59. The van der Waals surface area contributed by atoms with Crippen molar-refractivity contribution in [3.63, 3.8) is 0 Å². The molecule has 0 saturated heterocycles. The maximum absolute atomic E-state index is 11.3. The summed E-state index contributed by atoms with van der Waals surface area (Å²) >= 11 is 1.00. The summed E-state index contributed by atoms with van der Waals surface area (Å²) in [5.41, 5.74) is 0.642. The van der Waals surface area contributed by atoms with Crippen molar-refractivity contribution in [3.05, 3.63) is 47.4 Å². The van der Waals surface area contributed by atoms with Crippen LogP contribution in [0.15, 0.2) is 41.8 Å². The van der Waals surface area contributed by atoms with Crippen molar-refractivity contribution >= 4 is 23.2 Å². The Bertz CT molecular complexity index is 317. The van der Waals surface area contributed by atoms with Crippen LogP contribution in [0.25, 0.3) is 0 Å². The van der Waals surface area contributed by atoms with Gasteiger partial charge in [0.05, 0.1) is 0 Å². The molecule has 3 heteroatoms. The van der Waals surface area contributed by atoms with E-state index in [9.17, 15) is 9.59 Å². The van der Waals surface area contributed by atoms with Gasteiger partial charge in [-0.25, -0.2) is 0 Å². The molecule has 1 aromatic rings. The van der Waals surface area contributed by atoms with Gasteiger partial charge in [0.1, 0.15) is 6.29 Å². The molecule has 66 valence electrons. The van der Waals surface area contributed by atoms with Gasteiger partial charge in [0.15, 0.2) is 0 Å². The van der Waals surface area contributed by atoms with Crippen LogP contribution in [0, 0.1) is 0 Å². The highest BCUT2D eigenvalue weighted by atomic mass is 32.2. The quantitative estimate of drug-likeness (QED) is 0.544. The fourth-order valence-electron chi connectivity index (χ4n) is 0.775. The van der Waals surface area contributed by atoms with Crippen LogP contribution in [0.1, 0.15) is 10.4 Å². The van der Waals surface area contributed by atoms with E-state index < -0.39 is 0 Å². The molecule has 1 aromatic carbocycles. The molecule has 0 fully saturated rings. The molecule has 2 nitrogen and oxygen atoms in total. The summed E-state index contributed by atoms with van der Waals surface area (Å²) in [7, 11) is 0. The Kier molecular flexibility index (Phi) is 3.99. The molecule has 0 bridgehead atoms. The van der Waals surface area contributed by atoms with Gasteiger partial charge in [-0.05, 0) is 11.5 Å². The number of aldehydes is 1. The van der Waals surface area contributed by atoms with E-state index in [1.807, 2.05) is 6.07 Å². The fraction of sp³-hybridized carbons (Fsp3) is 0. The van der Waals surface area contributed by atoms with E-state index in [2.05, 4.69) is 0 Å². The lowest BCUT2D eigenvalue weighted by Gasteiger charge is -1.94. The number of allylic oxidation sites excluding steroid dienone is 1. The lowest BCUT2D eigenvalue weighted by atomic mass is 10.2. The summed E-state index contributed by atoms with van der Waals surface area (Å²) in [5, 5.41) is 1.42. The number of benzene rings is 1. The number of hydrogen-bond donors (Lipinski definition) is 0. The molecule has 13 heavy (non-hydrogen) atoms. The molecular formula is C10H8O2S. The molecule has 0 unspecified atom stereocenters. The van der Waals surface area contributed by atoms with E-state index >= 15 is 0 Å². The lowest BCUT2D eigenvalue weighted by Crippen LogP contribution is -1.89. The third kappa shape index (κ3) is 3.25. The molecular weight excluding hydrogens is 184 g/mol. The maximum atomic E-state index is 11.3. The van der Waals surface area contributed by atoms with Crippen LogP contribution in [0.5, 0.6) is 0 Å². The molecule has 0 aliphatic rings. The number of rotatable bonds is 3. The SMILES string of the molecule is O=C/C=C/SC(=O)c1ccccc1. The highest BCUT2D eigenvalue weighted by molar-refractivity contribution is 8.16. The van der Waals surface area contributed by atoms with Crippen LogP contribution in [-0.4, -0.2) is 11.4 Å². The molecule has 0 aromatic heterocycles. The van der Waals surface area contributed by atoms with Crippen molar-refractivity contribution in [2.75, 3.05) is 0 Å². The lowest BCUT2D eigenvalue weighted by molar-refractivity contribution is -0.104. The summed E-state index contributed by atoms with van der Waals surface area (Å²) in [4.78, 5) is 21.2. The van der Waals surface area contributed by atoms with Crippen LogP contribution >= 0.6 is 11.8 Å². The molecule has 0 spiro atoms. The Morgan fingerprint density at radius 2 is 1.92 bits per heavy atom. The third-order valence-electron chi connectivity index (χ3n) is 1.34. The van der Waals surface area contributed by atoms with Crippen molar-refractivity contribution in [1.29, 1.82) is 0 Å². The third-order valence-corrected chi connectivity index (χ3v) is 2.08. The van der Waals surface area contributed by atoms with E-state index in [4.69, 9.17) is 0 Å². The smallest absolute Gasteiger partial charge is 0.223 e. The van der Waals surface area contributed by atoms with Gasteiger partial charge in [-0.1, -0.05) is 42.1 Å². The first-order valence-corrected chi connectivity index (χ1v) is 4.59.